The Morgan fingerprint density at radius 2 is 2.26 bits per heavy atom. The SMILES string of the molecule is CN=C(c1nn(CC(C)=O)c2c1CCC2)N1CCC(O)C(F)C1. The van der Waals surface area contributed by atoms with E-state index in [0.29, 0.717) is 18.8 Å². The molecule has 1 aliphatic heterocycles. The lowest BCUT2D eigenvalue weighted by molar-refractivity contribution is -0.117. The van der Waals surface area contributed by atoms with Crippen LogP contribution in [-0.4, -0.2) is 63.8 Å². The number of nitrogens with zero attached hydrogens (tertiary/aromatic N) is 4. The van der Waals surface area contributed by atoms with Crippen molar-refractivity contribution in [3.63, 3.8) is 0 Å². The van der Waals surface area contributed by atoms with Gasteiger partial charge < -0.3 is 10.0 Å². The minimum Gasteiger partial charge on any atom is -0.390 e. The molecule has 2 heterocycles. The maximum atomic E-state index is 13.9. The van der Waals surface area contributed by atoms with Gasteiger partial charge in [-0.25, -0.2) is 4.39 Å². The molecule has 1 aromatic heterocycles. The molecule has 0 spiro atoms. The topological polar surface area (TPSA) is 70.7 Å². The van der Waals surface area contributed by atoms with Crippen molar-refractivity contribution in [2.45, 2.75) is 51.4 Å². The monoisotopic (exact) mass is 322 g/mol. The third-order valence-corrected chi connectivity index (χ3v) is 4.61. The first-order chi connectivity index (χ1) is 11.0. The number of hydrogen-bond donors (Lipinski definition) is 1. The fourth-order valence-electron chi connectivity index (χ4n) is 3.51. The zero-order valence-electron chi connectivity index (χ0n) is 13.6. The van der Waals surface area contributed by atoms with Crippen molar-refractivity contribution in [3.8, 4) is 0 Å². The fraction of sp³-hybridized carbons (Fsp3) is 0.688. The van der Waals surface area contributed by atoms with Gasteiger partial charge in [0.15, 0.2) is 11.6 Å². The number of piperidine rings is 1. The van der Waals surface area contributed by atoms with E-state index in [1.165, 1.54) is 0 Å². The first-order valence-electron chi connectivity index (χ1n) is 8.13. The number of fused-ring (bicyclic) bond motifs is 1. The molecular formula is C16H23FN4O2. The van der Waals surface area contributed by atoms with Crippen molar-refractivity contribution in [2.24, 2.45) is 4.99 Å². The highest BCUT2D eigenvalue weighted by Crippen LogP contribution is 2.27. The smallest absolute Gasteiger partial charge is 0.151 e. The Balaban J connectivity index is 1.92. The van der Waals surface area contributed by atoms with Gasteiger partial charge in [0.1, 0.15) is 11.9 Å². The Morgan fingerprint density at radius 1 is 1.48 bits per heavy atom. The largest absolute Gasteiger partial charge is 0.390 e. The molecule has 1 aliphatic carbocycles. The van der Waals surface area contributed by atoms with Gasteiger partial charge in [0.2, 0.25) is 0 Å². The van der Waals surface area contributed by atoms with Crippen molar-refractivity contribution in [1.82, 2.24) is 14.7 Å². The predicted molar refractivity (Wildman–Crippen MR) is 84.5 cm³/mol. The Hall–Kier alpha value is -1.76. The number of ketones is 1. The average molecular weight is 322 g/mol. The summed E-state index contributed by atoms with van der Waals surface area (Å²) in [4.78, 5) is 17.7. The number of rotatable bonds is 3. The van der Waals surface area contributed by atoms with Crippen molar-refractivity contribution >= 4 is 11.6 Å². The van der Waals surface area contributed by atoms with E-state index in [2.05, 4.69) is 10.1 Å². The lowest BCUT2D eigenvalue weighted by atomic mass is 10.0. The van der Waals surface area contributed by atoms with Gasteiger partial charge in [-0.2, -0.15) is 5.10 Å². The van der Waals surface area contributed by atoms with Crippen LogP contribution in [0.5, 0.6) is 0 Å². The number of alkyl halides is 1. The van der Waals surface area contributed by atoms with Crippen LogP contribution >= 0.6 is 0 Å². The second kappa shape index (κ2) is 6.39. The van der Waals surface area contributed by atoms with Crippen molar-refractivity contribution in [1.29, 1.82) is 0 Å². The van der Waals surface area contributed by atoms with Crippen LogP contribution in [0.3, 0.4) is 0 Å². The Labute approximate surface area is 135 Å². The first kappa shape index (κ1) is 16.1. The minimum atomic E-state index is -1.27. The third-order valence-electron chi connectivity index (χ3n) is 4.61. The second-order valence-electron chi connectivity index (χ2n) is 6.35. The third kappa shape index (κ3) is 3.02. The van der Waals surface area contributed by atoms with Crippen LogP contribution in [0, 0.1) is 0 Å². The van der Waals surface area contributed by atoms with Crippen LogP contribution in [0.2, 0.25) is 0 Å². The summed E-state index contributed by atoms with van der Waals surface area (Å²) in [6.07, 6.45) is 1.09. The molecule has 0 bridgehead atoms. The zero-order valence-corrected chi connectivity index (χ0v) is 13.6. The van der Waals surface area contributed by atoms with Crippen LogP contribution in [0.1, 0.15) is 36.7 Å². The van der Waals surface area contributed by atoms with Crippen molar-refractivity contribution in [3.05, 3.63) is 17.0 Å². The molecule has 7 heteroatoms. The molecule has 0 aromatic carbocycles. The number of hydrogen-bond acceptors (Lipinski definition) is 4. The zero-order chi connectivity index (χ0) is 16.6. The van der Waals surface area contributed by atoms with E-state index in [1.807, 2.05) is 4.90 Å². The molecule has 2 atom stereocenters. The summed E-state index contributed by atoms with van der Waals surface area (Å²) in [6.45, 7) is 2.51. The van der Waals surface area contributed by atoms with E-state index >= 15 is 0 Å². The number of carbonyl (C=O) groups excluding carboxylic acids is 1. The van der Waals surface area contributed by atoms with Crippen LogP contribution in [0.25, 0.3) is 0 Å². The summed E-state index contributed by atoms with van der Waals surface area (Å²) in [5.74, 6) is 0.730. The molecular weight excluding hydrogens is 299 g/mol. The number of Topliss-reactive ketones (excluding diaryl/α,β-unsaturated/α-hetero) is 1. The van der Waals surface area contributed by atoms with Crippen molar-refractivity contribution < 1.29 is 14.3 Å². The van der Waals surface area contributed by atoms with E-state index in [-0.39, 0.29) is 18.9 Å². The summed E-state index contributed by atoms with van der Waals surface area (Å²) in [5, 5.41) is 14.2. The van der Waals surface area contributed by atoms with Gasteiger partial charge in [-0.1, -0.05) is 0 Å². The molecule has 3 rings (SSSR count). The summed E-state index contributed by atoms with van der Waals surface area (Å²) in [5.41, 5.74) is 3.00. The van der Waals surface area contributed by atoms with Gasteiger partial charge in [0.25, 0.3) is 0 Å². The summed E-state index contributed by atoms with van der Waals surface area (Å²) in [7, 11) is 1.68. The molecule has 1 aromatic rings. The molecule has 6 nitrogen and oxygen atoms in total. The summed E-state index contributed by atoms with van der Waals surface area (Å²) in [6, 6.07) is 0. The minimum absolute atomic E-state index is 0.0636. The van der Waals surface area contributed by atoms with E-state index in [1.54, 1.807) is 18.7 Å². The van der Waals surface area contributed by atoms with Gasteiger partial charge in [0.05, 0.1) is 19.2 Å². The van der Waals surface area contributed by atoms with Crippen LogP contribution in [0.15, 0.2) is 4.99 Å². The number of halogens is 1. The van der Waals surface area contributed by atoms with E-state index in [4.69, 9.17) is 0 Å². The molecule has 2 aliphatic rings. The maximum absolute atomic E-state index is 13.9. The number of aromatic nitrogens is 2. The Kier molecular flexibility index (Phi) is 4.48. The summed E-state index contributed by atoms with van der Waals surface area (Å²) < 4.78 is 15.6. The molecule has 1 saturated heterocycles. The molecule has 0 radical (unpaired) electrons. The molecule has 126 valence electrons. The maximum Gasteiger partial charge on any atom is 0.151 e. The molecule has 1 N–H and O–H groups in total. The van der Waals surface area contributed by atoms with Crippen LogP contribution < -0.4 is 0 Å². The molecule has 0 amide bonds. The molecule has 0 saturated carbocycles. The normalized spacial score (nSPS) is 24.9. The Morgan fingerprint density at radius 3 is 2.91 bits per heavy atom. The van der Waals surface area contributed by atoms with Crippen LogP contribution in [0.4, 0.5) is 4.39 Å². The standard InChI is InChI=1S/C16H23FN4O2/c1-10(22)8-21-13-5-3-4-11(13)15(19-21)16(18-2)20-7-6-14(23)12(17)9-20/h12,14,23H,3-9H2,1-2H3. The second-order valence-corrected chi connectivity index (χ2v) is 6.35. The highest BCUT2D eigenvalue weighted by molar-refractivity contribution is 5.98. The van der Waals surface area contributed by atoms with Gasteiger partial charge in [0, 0.05) is 24.8 Å². The van der Waals surface area contributed by atoms with Gasteiger partial charge in [-0.3, -0.25) is 14.5 Å². The van der Waals surface area contributed by atoms with Gasteiger partial charge in [-0.15, -0.1) is 0 Å². The molecule has 2 unspecified atom stereocenters. The number of amidine groups is 1. The lowest BCUT2D eigenvalue weighted by Crippen LogP contribution is -2.47. The molecule has 23 heavy (non-hydrogen) atoms. The van der Waals surface area contributed by atoms with E-state index < -0.39 is 12.3 Å². The lowest BCUT2D eigenvalue weighted by Gasteiger charge is -2.34. The van der Waals surface area contributed by atoms with Gasteiger partial charge >= 0.3 is 0 Å². The highest BCUT2D eigenvalue weighted by atomic mass is 19.1. The van der Waals surface area contributed by atoms with Crippen molar-refractivity contribution in [2.75, 3.05) is 20.1 Å². The fourth-order valence-corrected chi connectivity index (χ4v) is 3.51. The highest BCUT2D eigenvalue weighted by Gasteiger charge is 2.33. The number of aliphatic imine (C=N–C) groups is 1. The first-order valence-corrected chi connectivity index (χ1v) is 8.13. The number of aliphatic hydroxyl groups is 1. The number of carbonyl (C=O) groups is 1. The van der Waals surface area contributed by atoms with Crippen LogP contribution in [-0.2, 0) is 24.2 Å². The summed E-state index contributed by atoms with van der Waals surface area (Å²) >= 11 is 0. The predicted octanol–water partition coefficient (Wildman–Crippen LogP) is 0.742. The number of likely N-dealkylation sites (tertiary alicyclic amines) is 1. The quantitative estimate of drug-likeness (QED) is 0.658. The molecule has 1 fully saturated rings. The Bertz CT molecular complexity index is 640. The van der Waals surface area contributed by atoms with E-state index in [9.17, 15) is 14.3 Å². The number of aliphatic hydroxyl groups excluding tert-OH is 1. The van der Waals surface area contributed by atoms with Gasteiger partial charge in [-0.05, 0) is 32.6 Å². The average Bonchev–Trinajstić information content (AvgIpc) is 3.08. The van der Waals surface area contributed by atoms with E-state index in [0.717, 1.165) is 36.2 Å².